The molecule has 0 saturated heterocycles. The number of benzene rings is 1. The Labute approximate surface area is 156 Å². The van der Waals surface area contributed by atoms with Crippen LogP contribution in [0.1, 0.15) is 40.3 Å². The van der Waals surface area contributed by atoms with Crippen LogP contribution >= 0.6 is 0 Å². The summed E-state index contributed by atoms with van der Waals surface area (Å²) in [7, 11) is 0. The second-order valence-electron chi connectivity index (χ2n) is 6.42. The smallest absolute Gasteiger partial charge is 0.268 e. The summed E-state index contributed by atoms with van der Waals surface area (Å²) < 4.78 is 12.8. The maximum absolute atomic E-state index is 11.5. The molecule has 2 N–H and O–H groups in total. The van der Waals surface area contributed by atoms with Gasteiger partial charge in [-0.3, -0.25) is 4.79 Å². The van der Waals surface area contributed by atoms with Crippen molar-refractivity contribution < 1.29 is 14.1 Å². The van der Waals surface area contributed by atoms with Gasteiger partial charge in [0.2, 0.25) is 0 Å². The van der Waals surface area contributed by atoms with Crippen molar-refractivity contribution in [2.75, 3.05) is 6.61 Å². The molecule has 4 rings (SSSR count). The number of imidazole rings is 1. The first-order valence-corrected chi connectivity index (χ1v) is 8.60. The molecule has 1 amide bonds. The van der Waals surface area contributed by atoms with Crippen LogP contribution in [0.5, 0.6) is 5.75 Å². The predicted octanol–water partition coefficient (Wildman–Crippen LogP) is 2.49. The lowest BCUT2D eigenvalue weighted by molar-refractivity contribution is 0.0996. The van der Waals surface area contributed by atoms with Crippen LogP contribution in [0.3, 0.4) is 0 Å². The van der Waals surface area contributed by atoms with E-state index in [2.05, 4.69) is 22.0 Å². The molecule has 7 nitrogen and oxygen atoms in total. The number of aryl methyl sites for hydroxylation is 1. The van der Waals surface area contributed by atoms with Crippen LogP contribution in [0.25, 0.3) is 11.4 Å². The Hall–Kier alpha value is -3.53. The normalized spacial score (nSPS) is 13.4. The molecule has 2 aromatic heterocycles. The number of hydrogen-bond acceptors (Lipinski definition) is 5. The number of carbonyl (C=O) groups excluding carboxylic acids is 1. The van der Waals surface area contributed by atoms with Gasteiger partial charge in [0.15, 0.2) is 0 Å². The summed E-state index contributed by atoms with van der Waals surface area (Å²) in [6, 6.07) is 7.57. The van der Waals surface area contributed by atoms with Crippen LogP contribution in [0, 0.1) is 18.8 Å². The van der Waals surface area contributed by atoms with Crippen molar-refractivity contribution in [3.63, 3.8) is 0 Å². The summed E-state index contributed by atoms with van der Waals surface area (Å²) in [4.78, 5) is 15.9. The molecule has 0 radical (unpaired) electrons. The zero-order chi connectivity index (χ0) is 19.0. The van der Waals surface area contributed by atoms with E-state index in [9.17, 15) is 4.79 Å². The highest BCUT2D eigenvalue weighted by Gasteiger charge is 2.20. The molecule has 0 spiro atoms. The van der Waals surface area contributed by atoms with E-state index in [-0.39, 0.29) is 11.6 Å². The molecule has 27 heavy (non-hydrogen) atoms. The van der Waals surface area contributed by atoms with E-state index in [1.54, 1.807) is 6.20 Å². The molecule has 7 heteroatoms. The molecule has 0 saturated carbocycles. The fraction of sp³-hybridized carbons (Fsp3) is 0.250. The first-order valence-electron chi connectivity index (χ1n) is 8.60. The molecule has 0 fully saturated rings. The Morgan fingerprint density at radius 1 is 1.37 bits per heavy atom. The molecular weight excluding hydrogens is 344 g/mol. The standard InChI is InChI=1S/C20H18N4O3/c1-12(16-9-13(2)27-23-16)3-4-14-5-6-18-15(10-14)20-22-17(19(21)25)11-24(20)7-8-26-18/h5-6,9-12H,7-8H2,1-2H3,(H2,21,25). The van der Waals surface area contributed by atoms with Gasteiger partial charge in [-0.1, -0.05) is 17.0 Å². The monoisotopic (exact) mass is 362 g/mol. The van der Waals surface area contributed by atoms with Gasteiger partial charge in [-0.2, -0.15) is 0 Å². The van der Waals surface area contributed by atoms with Crippen molar-refractivity contribution in [1.82, 2.24) is 14.7 Å². The van der Waals surface area contributed by atoms with Gasteiger partial charge in [0.1, 0.15) is 29.6 Å². The van der Waals surface area contributed by atoms with Crippen LogP contribution in [0.15, 0.2) is 35.0 Å². The number of carbonyl (C=O) groups is 1. The third-order valence-corrected chi connectivity index (χ3v) is 4.36. The third kappa shape index (κ3) is 3.29. The average Bonchev–Trinajstić information content (AvgIpc) is 3.23. The van der Waals surface area contributed by atoms with E-state index in [4.69, 9.17) is 15.0 Å². The molecule has 3 heterocycles. The zero-order valence-electron chi connectivity index (χ0n) is 15.0. The van der Waals surface area contributed by atoms with Gasteiger partial charge in [-0.05, 0) is 32.0 Å². The number of primary amides is 1. The number of nitrogens with two attached hydrogens (primary N) is 1. The molecule has 1 aromatic carbocycles. The highest BCUT2D eigenvalue weighted by atomic mass is 16.5. The fourth-order valence-corrected chi connectivity index (χ4v) is 2.94. The molecule has 1 aliphatic rings. The average molecular weight is 362 g/mol. The Morgan fingerprint density at radius 2 is 2.22 bits per heavy atom. The summed E-state index contributed by atoms with van der Waals surface area (Å²) in [5, 5.41) is 4.01. The first kappa shape index (κ1) is 16.9. The minimum absolute atomic E-state index is 0.0547. The molecule has 3 aromatic rings. The number of hydrogen-bond donors (Lipinski definition) is 1. The third-order valence-electron chi connectivity index (χ3n) is 4.36. The summed E-state index contributed by atoms with van der Waals surface area (Å²) in [5.74, 6) is 7.87. The lowest BCUT2D eigenvalue weighted by Crippen LogP contribution is -2.11. The highest BCUT2D eigenvalue weighted by molar-refractivity contribution is 5.91. The second kappa shape index (κ2) is 6.65. The number of rotatable bonds is 2. The molecular formula is C20H18N4O3. The van der Waals surface area contributed by atoms with Gasteiger partial charge in [-0.25, -0.2) is 4.98 Å². The zero-order valence-corrected chi connectivity index (χ0v) is 15.0. The van der Waals surface area contributed by atoms with Crippen molar-refractivity contribution in [1.29, 1.82) is 0 Å². The van der Waals surface area contributed by atoms with Gasteiger partial charge >= 0.3 is 0 Å². The van der Waals surface area contributed by atoms with E-state index in [1.165, 1.54) is 0 Å². The fourth-order valence-electron chi connectivity index (χ4n) is 2.94. The van der Waals surface area contributed by atoms with Gasteiger partial charge < -0.3 is 19.6 Å². The first-order chi connectivity index (χ1) is 13.0. The molecule has 0 bridgehead atoms. The number of nitrogens with zero attached hydrogens (tertiary/aromatic N) is 3. The Bertz CT molecular complexity index is 1080. The maximum Gasteiger partial charge on any atom is 0.268 e. The van der Waals surface area contributed by atoms with E-state index in [0.29, 0.717) is 24.7 Å². The molecule has 1 aliphatic heterocycles. The topological polar surface area (TPSA) is 96.2 Å². The molecule has 1 atom stereocenters. The largest absolute Gasteiger partial charge is 0.491 e. The maximum atomic E-state index is 11.5. The van der Waals surface area contributed by atoms with E-state index in [1.807, 2.05) is 42.7 Å². The second-order valence-corrected chi connectivity index (χ2v) is 6.42. The van der Waals surface area contributed by atoms with E-state index < -0.39 is 5.91 Å². The van der Waals surface area contributed by atoms with Crippen LogP contribution in [-0.4, -0.2) is 27.2 Å². The van der Waals surface area contributed by atoms with Gasteiger partial charge in [0, 0.05) is 17.8 Å². The van der Waals surface area contributed by atoms with Gasteiger partial charge in [-0.15, -0.1) is 0 Å². The summed E-state index contributed by atoms with van der Waals surface area (Å²) in [6.45, 7) is 4.91. The molecule has 0 aliphatic carbocycles. The van der Waals surface area contributed by atoms with Crippen molar-refractivity contribution in [2.45, 2.75) is 26.3 Å². The number of aromatic nitrogens is 3. The van der Waals surface area contributed by atoms with E-state index in [0.717, 1.165) is 22.6 Å². The van der Waals surface area contributed by atoms with Crippen LogP contribution in [0.4, 0.5) is 0 Å². The number of fused-ring (bicyclic) bond motifs is 3. The van der Waals surface area contributed by atoms with Crippen molar-refractivity contribution in [3.8, 4) is 29.0 Å². The lowest BCUT2D eigenvalue weighted by Gasteiger charge is -2.06. The molecule has 136 valence electrons. The van der Waals surface area contributed by atoms with Crippen LogP contribution in [-0.2, 0) is 6.54 Å². The van der Waals surface area contributed by atoms with Crippen LogP contribution in [0.2, 0.25) is 0 Å². The minimum Gasteiger partial charge on any atom is -0.491 e. The summed E-state index contributed by atoms with van der Waals surface area (Å²) >= 11 is 0. The Kier molecular flexibility index (Phi) is 4.16. The number of amides is 1. The Balaban J connectivity index is 1.70. The quantitative estimate of drug-likeness (QED) is 0.707. The SMILES string of the molecule is Cc1cc(C(C)C#Cc2ccc3c(c2)-c2nc(C(N)=O)cn2CCO3)no1. The molecule has 1 unspecified atom stereocenters. The Morgan fingerprint density at radius 3 is 2.96 bits per heavy atom. The minimum atomic E-state index is -0.550. The lowest BCUT2D eigenvalue weighted by atomic mass is 10.1. The van der Waals surface area contributed by atoms with E-state index >= 15 is 0 Å². The predicted molar refractivity (Wildman–Crippen MR) is 98.2 cm³/mol. The van der Waals surface area contributed by atoms with Crippen molar-refractivity contribution >= 4 is 5.91 Å². The van der Waals surface area contributed by atoms with Crippen molar-refractivity contribution in [2.24, 2.45) is 5.73 Å². The summed E-state index contributed by atoms with van der Waals surface area (Å²) in [5.41, 5.74) is 8.03. The summed E-state index contributed by atoms with van der Waals surface area (Å²) in [6.07, 6.45) is 1.66. The van der Waals surface area contributed by atoms with Gasteiger partial charge in [0.25, 0.3) is 5.91 Å². The highest BCUT2D eigenvalue weighted by Crippen LogP contribution is 2.32. The van der Waals surface area contributed by atoms with Crippen molar-refractivity contribution in [3.05, 3.63) is 53.2 Å². The van der Waals surface area contributed by atoms with Gasteiger partial charge in [0.05, 0.1) is 23.7 Å². The number of ether oxygens (including phenoxy) is 1. The van der Waals surface area contributed by atoms with Crippen LogP contribution < -0.4 is 10.5 Å².